The maximum Gasteiger partial charge on any atom is 0.344 e. The second-order valence-electron chi connectivity index (χ2n) is 7.76. The predicted molar refractivity (Wildman–Crippen MR) is 115 cm³/mol. The lowest BCUT2D eigenvalue weighted by Gasteiger charge is -2.37. The number of hydrogen-bond donors (Lipinski definition) is 1. The number of fused-ring (bicyclic) bond motifs is 1. The summed E-state index contributed by atoms with van der Waals surface area (Å²) in [6.45, 7) is 9.62. The SMILES string of the molecule is CCOC(=O)COc1c(C)c(C)c2c(c1C)CCC(C)(C(=O)Nc1ccccc1)O2. The molecule has 3 rings (SSSR count). The van der Waals surface area contributed by atoms with Crippen molar-refractivity contribution in [3.05, 3.63) is 52.6 Å². The Morgan fingerprint density at radius 2 is 1.80 bits per heavy atom. The Morgan fingerprint density at radius 3 is 2.47 bits per heavy atom. The molecule has 0 saturated heterocycles. The number of amides is 1. The summed E-state index contributed by atoms with van der Waals surface area (Å²) >= 11 is 0. The summed E-state index contributed by atoms with van der Waals surface area (Å²) in [6.07, 6.45) is 1.22. The van der Waals surface area contributed by atoms with Gasteiger partial charge in [0.05, 0.1) is 6.61 Å². The number of anilines is 1. The van der Waals surface area contributed by atoms with Crippen LogP contribution in [-0.2, 0) is 20.7 Å². The molecule has 0 aromatic heterocycles. The highest BCUT2D eigenvalue weighted by molar-refractivity contribution is 5.97. The van der Waals surface area contributed by atoms with Crippen LogP contribution in [0.4, 0.5) is 5.69 Å². The van der Waals surface area contributed by atoms with Gasteiger partial charge in [-0.2, -0.15) is 0 Å². The van der Waals surface area contributed by atoms with Crippen molar-refractivity contribution in [2.45, 2.75) is 53.1 Å². The zero-order valence-electron chi connectivity index (χ0n) is 18.3. The van der Waals surface area contributed by atoms with Crippen molar-refractivity contribution >= 4 is 17.6 Å². The molecule has 0 fully saturated rings. The minimum atomic E-state index is -0.972. The van der Waals surface area contributed by atoms with Crippen LogP contribution >= 0.6 is 0 Å². The highest BCUT2D eigenvalue weighted by Gasteiger charge is 2.41. The zero-order valence-corrected chi connectivity index (χ0v) is 18.3. The third kappa shape index (κ3) is 4.27. The number of benzene rings is 2. The van der Waals surface area contributed by atoms with E-state index in [1.165, 1.54) is 0 Å². The summed E-state index contributed by atoms with van der Waals surface area (Å²) in [5, 5.41) is 2.95. The standard InChI is InChI=1S/C24H29NO5/c1-6-28-20(26)14-29-21-15(2)16(3)22-19(17(21)4)12-13-24(5,30-22)23(27)25-18-10-8-7-9-11-18/h7-11H,6,12-14H2,1-5H3,(H,25,27). The van der Waals surface area contributed by atoms with E-state index in [1.54, 1.807) is 6.92 Å². The molecule has 2 aromatic carbocycles. The van der Waals surface area contributed by atoms with Gasteiger partial charge in [-0.25, -0.2) is 4.79 Å². The van der Waals surface area contributed by atoms with Crippen LogP contribution in [0.2, 0.25) is 0 Å². The van der Waals surface area contributed by atoms with Crippen LogP contribution in [0.15, 0.2) is 30.3 Å². The molecule has 0 spiro atoms. The summed E-state index contributed by atoms with van der Waals surface area (Å²) < 4.78 is 17.1. The first kappa shape index (κ1) is 21.7. The maximum absolute atomic E-state index is 13.0. The number of esters is 1. The first-order valence-corrected chi connectivity index (χ1v) is 10.2. The second-order valence-corrected chi connectivity index (χ2v) is 7.76. The van der Waals surface area contributed by atoms with Gasteiger partial charge in [-0.3, -0.25) is 4.79 Å². The molecule has 160 valence electrons. The summed E-state index contributed by atoms with van der Waals surface area (Å²) in [7, 11) is 0. The van der Waals surface area contributed by atoms with Gasteiger partial charge in [-0.05, 0) is 69.9 Å². The third-order valence-electron chi connectivity index (χ3n) is 5.64. The van der Waals surface area contributed by atoms with Crippen LogP contribution in [0.25, 0.3) is 0 Å². The molecule has 0 radical (unpaired) electrons. The molecule has 1 heterocycles. The van der Waals surface area contributed by atoms with E-state index in [0.29, 0.717) is 25.2 Å². The van der Waals surface area contributed by atoms with Crippen LogP contribution in [0, 0.1) is 20.8 Å². The molecular weight excluding hydrogens is 382 g/mol. The van der Waals surface area contributed by atoms with Crippen LogP contribution < -0.4 is 14.8 Å². The first-order valence-electron chi connectivity index (χ1n) is 10.2. The van der Waals surface area contributed by atoms with Crippen molar-refractivity contribution in [1.82, 2.24) is 0 Å². The Morgan fingerprint density at radius 1 is 1.10 bits per heavy atom. The van der Waals surface area contributed by atoms with E-state index in [9.17, 15) is 9.59 Å². The largest absolute Gasteiger partial charge is 0.481 e. The van der Waals surface area contributed by atoms with Crippen molar-refractivity contribution < 1.29 is 23.8 Å². The number of ether oxygens (including phenoxy) is 3. The average molecular weight is 411 g/mol. The van der Waals surface area contributed by atoms with Gasteiger partial charge >= 0.3 is 5.97 Å². The Kier molecular flexibility index (Phi) is 6.34. The maximum atomic E-state index is 13.0. The zero-order chi connectivity index (χ0) is 21.9. The van der Waals surface area contributed by atoms with E-state index in [2.05, 4.69) is 5.32 Å². The van der Waals surface area contributed by atoms with Crippen LogP contribution in [-0.4, -0.2) is 30.7 Å². The third-order valence-corrected chi connectivity index (χ3v) is 5.64. The molecule has 0 saturated carbocycles. The molecule has 1 aliphatic heterocycles. The molecule has 6 heteroatoms. The molecular formula is C24H29NO5. The summed E-state index contributed by atoms with van der Waals surface area (Å²) in [6, 6.07) is 9.37. The first-order chi connectivity index (χ1) is 14.3. The van der Waals surface area contributed by atoms with Crippen LogP contribution in [0.3, 0.4) is 0 Å². The highest BCUT2D eigenvalue weighted by atomic mass is 16.6. The van der Waals surface area contributed by atoms with Crippen molar-refractivity contribution in [2.24, 2.45) is 0 Å². The fraction of sp³-hybridized carbons (Fsp3) is 0.417. The molecule has 1 aliphatic rings. The van der Waals surface area contributed by atoms with Crippen molar-refractivity contribution in [1.29, 1.82) is 0 Å². The summed E-state index contributed by atoms with van der Waals surface area (Å²) in [5.74, 6) is 0.843. The lowest BCUT2D eigenvalue weighted by atomic mass is 9.86. The molecule has 2 aromatic rings. The van der Waals surface area contributed by atoms with E-state index in [4.69, 9.17) is 14.2 Å². The van der Waals surface area contributed by atoms with Crippen molar-refractivity contribution in [3.8, 4) is 11.5 Å². The normalized spacial score (nSPS) is 17.5. The van der Waals surface area contributed by atoms with Gasteiger partial charge in [-0.1, -0.05) is 18.2 Å². The summed E-state index contributed by atoms with van der Waals surface area (Å²) in [4.78, 5) is 24.7. The molecule has 0 bridgehead atoms. The quantitative estimate of drug-likeness (QED) is 0.719. The number of rotatable bonds is 6. The fourth-order valence-electron chi connectivity index (χ4n) is 3.73. The molecule has 1 amide bonds. The Labute approximate surface area is 177 Å². The highest BCUT2D eigenvalue weighted by Crippen LogP contribution is 2.44. The molecule has 6 nitrogen and oxygen atoms in total. The second kappa shape index (κ2) is 8.78. The van der Waals surface area contributed by atoms with Crippen molar-refractivity contribution in [2.75, 3.05) is 18.5 Å². The number of carbonyl (C=O) groups excluding carboxylic acids is 2. The molecule has 1 N–H and O–H groups in total. The number of hydrogen-bond acceptors (Lipinski definition) is 5. The smallest absolute Gasteiger partial charge is 0.344 e. The minimum absolute atomic E-state index is 0.133. The van der Waals surface area contributed by atoms with Gasteiger partial charge in [0.25, 0.3) is 5.91 Å². The van der Waals surface area contributed by atoms with E-state index < -0.39 is 11.6 Å². The summed E-state index contributed by atoms with van der Waals surface area (Å²) in [5.41, 5.74) is 3.52. The average Bonchev–Trinajstić information content (AvgIpc) is 2.73. The Bertz CT molecular complexity index is 954. The van der Waals surface area contributed by atoms with Gasteiger partial charge in [0.2, 0.25) is 0 Å². The van der Waals surface area contributed by atoms with E-state index in [0.717, 1.165) is 33.7 Å². The van der Waals surface area contributed by atoms with E-state index >= 15 is 0 Å². The molecule has 1 atom stereocenters. The fourth-order valence-corrected chi connectivity index (χ4v) is 3.73. The number of carbonyl (C=O) groups is 2. The van der Waals surface area contributed by atoms with Gasteiger partial charge in [0.1, 0.15) is 11.5 Å². The van der Waals surface area contributed by atoms with E-state index in [1.807, 2.05) is 58.0 Å². The number of nitrogens with one attached hydrogen (secondary N) is 1. The van der Waals surface area contributed by atoms with Crippen LogP contribution in [0.1, 0.15) is 42.5 Å². The van der Waals surface area contributed by atoms with Crippen LogP contribution in [0.5, 0.6) is 11.5 Å². The molecule has 30 heavy (non-hydrogen) atoms. The van der Waals surface area contributed by atoms with Gasteiger partial charge in [0, 0.05) is 17.7 Å². The monoisotopic (exact) mass is 411 g/mol. The Hall–Kier alpha value is -3.02. The lowest BCUT2D eigenvalue weighted by molar-refractivity contribution is -0.145. The molecule has 0 aliphatic carbocycles. The van der Waals surface area contributed by atoms with Gasteiger partial charge in [0.15, 0.2) is 12.2 Å². The van der Waals surface area contributed by atoms with E-state index in [-0.39, 0.29) is 12.5 Å². The molecule has 1 unspecified atom stereocenters. The van der Waals surface area contributed by atoms with Gasteiger partial charge < -0.3 is 19.5 Å². The predicted octanol–water partition coefficient (Wildman–Crippen LogP) is 4.28. The minimum Gasteiger partial charge on any atom is -0.481 e. The number of para-hydroxylation sites is 1. The topological polar surface area (TPSA) is 73.9 Å². The van der Waals surface area contributed by atoms with Crippen molar-refractivity contribution in [3.63, 3.8) is 0 Å². The van der Waals surface area contributed by atoms with Gasteiger partial charge in [-0.15, -0.1) is 0 Å². The lowest BCUT2D eigenvalue weighted by Crippen LogP contribution is -2.48. The Balaban J connectivity index is 1.85.